The minimum atomic E-state index is -0.883. The Morgan fingerprint density at radius 1 is 1.50 bits per heavy atom. The number of halogens is 1. The number of primary amides is 1. The fraction of sp³-hybridized carbons (Fsp3) is 0.333. The van der Waals surface area contributed by atoms with E-state index in [0.717, 1.165) is 5.56 Å². The first-order chi connectivity index (χ1) is 8.40. The van der Waals surface area contributed by atoms with E-state index in [9.17, 15) is 14.0 Å². The maximum atomic E-state index is 13.0. The smallest absolute Gasteiger partial charge is 0.318 e. The Labute approximate surface area is 105 Å². The van der Waals surface area contributed by atoms with E-state index in [2.05, 4.69) is 0 Å². The lowest BCUT2D eigenvalue weighted by atomic mass is 10.2. The van der Waals surface area contributed by atoms with Gasteiger partial charge in [-0.15, -0.1) is 0 Å². The molecule has 0 heterocycles. The molecular weight excluding hydrogens is 237 g/mol. The molecule has 0 aliphatic rings. The van der Waals surface area contributed by atoms with Gasteiger partial charge in [-0.3, -0.25) is 15.0 Å². The molecule has 0 fully saturated rings. The second-order valence-electron chi connectivity index (χ2n) is 4.07. The SMILES string of the molecule is C[C@@H](C(=O)NC(N)=O)N(C)Cc1cccc(F)c1. The molecule has 0 bridgehead atoms. The highest BCUT2D eigenvalue weighted by molar-refractivity contribution is 5.96. The number of imide groups is 1. The molecular formula is C12H16FN3O2. The van der Waals surface area contributed by atoms with Crippen LogP contribution in [0, 0.1) is 5.82 Å². The van der Waals surface area contributed by atoms with Crippen molar-refractivity contribution >= 4 is 11.9 Å². The Kier molecular flexibility index (Phi) is 4.79. The maximum Gasteiger partial charge on any atom is 0.318 e. The van der Waals surface area contributed by atoms with E-state index in [1.807, 2.05) is 5.32 Å². The van der Waals surface area contributed by atoms with Crippen LogP contribution < -0.4 is 11.1 Å². The zero-order valence-corrected chi connectivity index (χ0v) is 10.3. The third-order valence-electron chi connectivity index (χ3n) is 2.61. The summed E-state index contributed by atoms with van der Waals surface area (Å²) in [6.45, 7) is 2.03. The number of benzene rings is 1. The van der Waals surface area contributed by atoms with Gasteiger partial charge < -0.3 is 5.73 Å². The summed E-state index contributed by atoms with van der Waals surface area (Å²) in [7, 11) is 1.70. The quantitative estimate of drug-likeness (QED) is 0.835. The standard InChI is InChI=1S/C12H16FN3O2/c1-8(11(17)15-12(14)18)16(2)7-9-4-3-5-10(13)6-9/h3-6,8H,7H2,1-2H3,(H3,14,15,17,18)/t8-/m0/s1. The monoisotopic (exact) mass is 253 g/mol. The van der Waals surface area contributed by atoms with Crippen molar-refractivity contribution in [3.8, 4) is 0 Å². The summed E-state index contributed by atoms with van der Waals surface area (Å²) in [4.78, 5) is 23.8. The molecule has 18 heavy (non-hydrogen) atoms. The predicted molar refractivity (Wildman–Crippen MR) is 65.1 cm³/mol. The van der Waals surface area contributed by atoms with Gasteiger partial charge in [-0.2, -0.15) is 0 Å². The van der Waals surface area contributed by atoms with Crippen LogP contribution >= 0.6 is 0 Å². The summed E-state index contributed by atoms with van der Waals surface area (Å²) in [6, 6.07) is 4.69. The number of carbonyl (C=O) groups is 2. The molecule has 0 aromatic heterocycles. The molecule has 0 unspecified atom stereocenters. The van der Waals surface area contributed by atoms with E-state index in [-0.39, 0.29) is 5.82 Å². The highest BCUT2D eigenvalue weighted by atomic mass is 19.1. The van der Waals surface area contributed by atoms with Crippen molar-refractivity contribution in [2.45, 2.75) is 19.5 Å². The average Bonchev–Trinajstić information content (AvgIpc) is 2.27. The van der Waals surface area contributed by atoms with Gasteiger partial charge in [-0.25, -0.2) is 9.18 Å². The summed E-state index contributed by atoms with van der Waals surface area (Å²) < 4.78 is 13.0. The van der Waals surface area contributed by atoms with Gasteiger partial charge in [-0.05, 0) is 31.7 Å². The van der Waals surface area contributed by atoms with Gasteiger partial charge in [0.05, 0.1) is 6.04 Å². The van der Waals surface area contributed by atoms with Gasteiger partial charge in [-0.1, -0.05) is 12.1 Å². The van der Waals surface area contributed by atoms with Crippen LogP contribution in [-0.4, -0.2) is 29.9 Å². The van der Waals surface area contributed by atoms with E-state index in [1.165, 1.54) is 12.1 Å². The first-order valence-electron chi connectivity index (χ1n) is 5.45. The van der Waals surface area contributed by atoms with Crippen LogP contribution in [0.25, 0.3) is 0 Å². The van der Waals surface area contributed by atoms with Gasteiger partial charge in [0.25, 0.3) is 0 Å². The van der Waals surface area contributed by atoms with Crippen LogP contribution in [0.4, 0.5) is 9.18 Å². The number of nitrogens with one attached hydrogen (secondary N) is 1. The molecule has 0 aliphatic carbocycles. The van der Waals surface area contributed by atoms with E-state index >= 15 is 0 Å². The number of carbonyl (C=O) groups excluding carboxylic acids is 2. The topological polar surface area (TPSA) is 75.4 Å². The van der Waals surface area contributed by atoms with Crippen molar-refractivity contribution in [3.63, 3.8) is 0 Å². The fourth-order valence-corrected chi connectivity index (χ4v) is 1.49. The van der Waals surface area contributed by atoms with Crippen LogP contribution in [0.15, 0.2) is 24.3 Å². The van der Waals surface area contributed by atoms with Crippen LogP contribution in [0.3, 0.4) is 0 Å². The number of nitrogens with zero attached hydrogens (tertiary/aromatic N) is 1. The van der Waals surface area contributed by atoms with Gasteiger partial charge in [0.15, 0.2) is 0 Å². The molecule has 5 nitrogen and oxygen atoms in total. The zero-order valence-electron chi connectivity index (χ0n) is 10.3. The molecule has 3 N–H and O–H groups in total. The lowest BCUT2D eigenvalue weighted by Gasteiger charge is -2.23. The van der Waals surface area contributed by atoms with Gasteiger partial charge in [0.1, 0.15) is 5.82 Å². The Hall–Kier alpha value is -1.95. The molecule has 0 spiro atoms. The Bertz CT molecular complexity index is 451. The van der Waals surface area contributed by atoms with Gasteiger partial charge in [0.2, 0.25) is 5.91 Å². The fourth-order valence-electron chi connectivity index (χ4n) is 1.49. The Morgan fingerprint density at radius 3 is 2.72 bits per heavy atom. The maximum absolute atomic E-state index is 13.0. The van der Waals surface area contributed by atoms with Crippen LogP contribution in [0.5, 0.6) is 0 Å². The largest absolute Gasteiger partial charge is 0.351 e. The molecule has 6 heteroatoms. The summed E-state index contributed by atoms with van der Waals surface area (Å²) in [5.74, 6) is -0.809. The molecule has 0 aliphatic heterocycles. The van der Waals surface area contributed by atoms with Gasteiger partial charge >= 0.3 is 6.03 Å². The summed E-state index contributed by atoms with van der Waals surface area (Å²) in [6.07, 6.45) is 0. The first-order valence-corrected chi connectivity index (χ1v) is 5.45. The van der Waals surface area contributed by atoms with E-state index in [0.29, 0.717) is 6.54 Å². The van der Waals surface area contributed by atoms with Crippen molar-refractivity contribution in [1.82, 2.24) is 10.2 Å². The highest BCUT2D eigenvalue weighted by Gasteiger charge is 2.19. The number of nitrogens with two attached hydrogens (primary N) is 1. The van der Waals surface area contributed by atoms with Crippen molar-refractivity contribution in [3.05, 3.63) is 35.6 Å². The van der Waals surface area contributed by atoms with E-state index in [1.54, 1.807) is 31.0 Å². The number of hydrogen-bond acceptors (Lipinski definition) is 3. The third kappa shape index (κ3) is 4.14. The second kappa shape index (κ2) is 6.11. The van der Waals surface area contributed by atoms with Gasteiger partial charge in [0, 0.05) is 6.54 Å². The molecule has 1 aromatic carbocycles. The normalized spacial score (nSPS) is 12.2. The molecule has 98 valence electrons. The molecule has 0 saturated carbocycles. The van der Waals surface area contributed by atoms with E-state index in [4.69, 9.17) is 5.73 Å². The third-order valence-corrected chi connectivity index (χ3v) is 2.61. The molecule has 0 radical (unpaired) electrons. The van der Waals surface area contributed by atoms with Crippen LogP contribution in [-0.2, 0) is 11.3 Å². The second-order valence-corrected chi connectivity index (χ2v) is 4.07. The zero-order chi connectivity index (χ0) is 13.7. The molecule has 3 amide bonds. The minimum Gasteiger partial charge on any atom is -0.351 e. The van der Waals surface area contributed by atoms with Crippen molar-refractivity contribution in [1.29, 1.82) is 0 Å². The molecule has 1 rings (SSSR count). The van der Waals surface area contributed by atoms with Crippen molar-refractivity contribution in [2.75, 3.05) is 7.05 Å². The number of likely N-dealkylation sites (N-methyl/N-ethyl adjacent to an activating group) is 1. The number of hydrogen-bond donors (Lipinski definition) is 2. The minimum absolute atomic E-state index is 0.324. The number of rotatable bonds is 4. The predicted octanol–water partition coefficient (Wildman–Crippen LogP) is 0.841. The van der Waals surface area contributed by atoms with Crippen molar-refractivity contribution in [2.24, 2.45) is 5.73 Å². The van der Waals surface area contributed by atoms with Crippen LogP contribution in [0.1, 0.15) is 12.5 Å². The summed E-state index contributed by atoms with van der Waals surface area (Å²) in [5.41, 5.74) is 5.61. The Morgan fingerprint density at radius 2 is 2.17 bits per heavy atom. The summed E-state index contributed by atoms with van der Waals surface area (Å²) in [5, 5.41) is 2.00. The molecule has 1 atom stereocenters. The lowest BCUT2D eigenvalue weighted by molar-refractivity contribution is -0.124. The Balaban J connectivity index is 2.62. The molecule has 1 aromatic rings. The van der Waals surface area contributed by atoms with Crippen LogP contribution in [0.2, 0.25) is 0 Å². The number of amides is 3. The molecule has 0 saturated heterocycles. The first kappa shape index (κ1) is 14.1. The lowest BCUT2D eigenvalue weighted by Crippen LogP contribution is -2.46. The van der Waals surface area contributed by atoms with Crippen molar-refractivity contribution < 1.29 is 14.0 Å². The highest BCUT2D eigenvalue weighted by Crippen LogP contribution is 2.08. The number of urea groups is 1. The summed E-state index contributed by atoms with van der Waals surface area (Å²) >= 11 is 0. The van der Waals surface area contributed by atoms with E-state index < -0.39 is 18.0 Å². The average molecular weight is 253 g/mol.